The number of nitrogens with zero attached hydrogens (tertiary/aromatic N) is 2. The van der Waals surface area contributed by atoms with Crippen LogP contribution in [0.4, 0.5) is 5.82 Å². The van der Waals surface area contributed by atoms with Crippen LogP contribution in [0.15, 0.2) is 12.1 Å². The lowest BCUT2D eigenvalue weighted by Crippen LogP contribution is -2.33. The number of nitrogens with two attached hydrogens (primary N) is 1. The Balaban J connectivity index is 2.16. The normalized spacial score (nSPS) is 14.4. The van der Waals surface area contributed by atoms with E-state index in [1.807, 2.05) is 17.9 Å². The first kappa shape index (κ1) is 13.8. The molecule has 0 unspecified atom stereocenters. The van der Waals surface area contributed by atoms with Crippen molar-refractivity contribution in [1.82, 2.24) is 9.88 Å². The van der Waals surface area contributed by atoms with Crippen LogP contribution in [-0.4, -0.2) is 28.9 Å². The van der Waals surface area contributed by atoms with Gasteiger partial charge in [-0.15, -0.1) is 0 Å². The second-order valence-electron chi connectivity index (χ2n) is 5.32. The number of nitrogen functional groups attached to an aromatic ring is 1. The molecule has 2 rings (SSSR count). The number of hydrogen-bond acceptors (Lipinski definition) is 3. The molecule has 1 aliphatic rings. The monoisotopic (exact) mass is 261 g/mol. The summed E-state index contributed by atoms with van der Waals surface area (Å²) in [7, 11) is 0. The lowest BCUT2D eigenvalue weighted by Gasteiger charge is -2.22. The van der Waals surface area contributed by atoms with E-state index in [2.05, 4.69) is 11.9 Å². The molecule has 1 amide bonds. The Kier molecular flexibility index (Phi) is 4.40. The summed E-state index contributed by atoms with van der Waals surface area (Å²) in [6, 6.07) is 3.56. The molecule has 19 heavy (non-hydrogen) atoms. The zero-order valence-electron chi connectivity index (χ0n) is 11.9. The van der Waals surface area contributed by atoms with Crippen LogP contribution in [0.3, 0.4) is 0 Å². The maximum Gasteiger partial charge on any atom is 0.254 e. The maximum absolute atomic E-state index is 12.6. The van der Waals surface area contributed by atoms with Gasteiger partial charge < -0.3 is 10.6 Å². The Hall–Kier alpha value is -1.58. The number of carbonyl (C=O) groups excluding carboxylic acids is 1. The van der Waals surface area contributed by atoms with Crippen LogP contribution >= 0.6 is 0 Å². The molecule has 1 aromatic rings. The Labute approximate surface area is 115 Å². The average Bonchev–Trinajstić information content (AvgIpc) is 3.20. The molecule has 1 saturated carbocycles. The van der Waals surface area contributed by atoms with Gasteiger partial charge in [0.05, 0.1) is 0 Å². The van der Waals surface area contributed by atoms with E-state index < -0.39 is 0 Å². The van der Waals surface area contributed by atoms with Crippen molar-refractivity contribution in [3.05, 3.63) is 23.4 Å². The fourth-order valence-corrected chi connectivity index (χ4v) is 2.26. The van der Waals surface area contributed by atoms with Gasteiger partial charge in [0.15, 0.2) is 0 Å². The second kappa shape index (κ2) is 6.04. The van der Waals surface area contributed by atoms with Crippen molar-refractivity contribution in [2.75, 3.05) is 18.8 Å². The SMILES string of the molecule is CCCN(CC1CC1)C(=O)c1cc(N)nc(CC)c1. The molecule has 0 radical (unpaired) electrons. The molecule has 0 spiro atoms. The highest BCUT2D eigenvalue weighted by Gasteiger charge is 2.27. The molecule has 4 heteroatoms. The number of anilines is 1. The molecule has 4 nitrogen and oxygen atoms in total. The van der Waals surface area contributed by atoms with E-state index in [1.165, 1.54) is 12.8 Å². The fraction of sp³-hybridized carbons (Fsp3) is 0.600. The highest BCUT2D eigenvalue weighted by molar-refractivity contribution is 5.95. The van der Waals surface area contributed by atoms with Crippen molar-refractivity contribution in [1.29, 1.82) is 0 Å². The second-order valence-corrected chi connectivity index (χ2v) is 5.32. The summed E-state index contributed by atoms with van der Waals surface area (Å²) in [5, 5.41) is 0. The third-order valence-corrected chi connectivity index (χ3v) is 3.46. The molecule has 0 saturated heterocycles. The Bertz CT molecular complexity index is 455. The number of carbonyl (C=O) groups is 1. The Morgan fingerprint density at radius 1 is 1.42 bits per heavy atom. The smallest absolute Gasteiger partial charge is 0.254 e. The van der Waals surface area contributed by atoms with Crippen LogP contribution in [0.2, 0.25) is 0 Å². The van der Waals surface area contributed by atoms with Crippen LogP contribution in [0.5, 0.6) is 0 Å². The largest absolute Gasteiger partial charge is 0.384 e. The zero-order valence-corrected chi connectivity index (χ0v) is 11.9. The van der Waals surface area contributed by atoms with Gasteiger partial charge in [-0.25, -0.2) is 4.98 Å². The summed E-state index contributed by atoms with van der Waals surface area (Å²) in [6.45, 7) is 5.82. The van der Waals surface area contributed by atoms with Crippen LogP contribution in [0, 0.1) is 5.92 Å². The first-order valence-electron chi connectivity index (χ1n) is 7.19. The van der Waals surface area contributed by atoms with Crippen molar-refractivity contribution in [3.8, 4) is 0 Å². The lowest BCUT2D eigenvalue weighted by atomic mass is 10.1. The van der Waals surface area contributed by atoms with Gasteiger partial charge in [0.2, 0.25) is 0 Å². The maximum atomic E-state index is 12.6. The van der Waals surface area contributed by atoms with E-state index in [0.717, 1.165) is 31.6 Å². The van der Waals surface area contributed by atoms with Crippen LogP contribution in [0.1, 0.15) is 49.2 Å². The Morgan fingerprint density at radius 3 is 2.74 bits per heavy atom. The molecule has 2 N–H and O–H groups in total. The van der Waals surface area contributed by atoms with Gasteiger partial charge in [-0.2, -0.15) is 0 Å². The van der Waals surface area contributed by atoms with E-state index in [0.29, 0.717) is 17.3 Å². The summed E-state index contributed by atoms with van der Waals surface area (Å²) in [4.78, 5) is 18.7. The molecule has 0 aliphatic heterocycles. The first-order valence-corrected chi connectivity index (χ1v) is 7.19. The zero-order chi connectivity index (χ0) is 13.8. The van der Waals surface area contributed by atoms with E-state index >= 15 is 0 Å². The molecule has 1 aromatic heterocycles. The number of aryl methyl sites for hydroxylation is 1. The molecule has 0 atom stereocenters. The predicted molar refractivity (Wildman–Crippen MR) is 76.9 cm³/mol. The summed E-state index contributed by atoms with van der Waals surface area (Å²) < 4.78 is 0. The summed E-state index contributed by atoms with van der Waals surface area (Å²) in [6.07, 6.45) is 4.29. The third kappa shape index (κ3) is 3.69. The number of pyridine rings is 1. The fourth-order valence-electron chi connectivity index (χ4n) is 2.26. The number of amides is 1. The minimum atomic E-state index is 0.0950. The van der Waals surface area contributed by atoms with Gasteiger partial charge in [0.1, 0.15) is 5.82 Å². The van der Waals surface area contributed by atoms with Crippen LogP contribution < -0.4 is 5.73 Å². The summed E-state index contributed by atoms with van der Waals surface area (Å²) in [5.74, 6) is 1.24. The van der Waals surface area contributed by atoms with Gasteiger partial charge in [0.25, 0.3) is 5.91 Å². The quantitative estimate of drug-likeness (QED) is 0.856. The van der Waals surface area contributed by atoms with Crippen molar-refractivity contribution >= 4 is 11.7 Å². The molecule has 0 aromatic carbocycles. The highest BCUT2D eigenvalue weighted by Crippen LogP contribution is 2.30. The van der Waals surface area contributed by atoms with Gasteiger partial charge >= 0.3 is 0 Å². The molecule has 1 fully saturated rings. The minimum Gasteiger partial charge on any atom is -0.384 e. The topological polar surface area (TPSA) is 59.2 Å². The van der Waals surface area contributed by atoms with Crippen LogP contribution in [-0.2, 0) is 6.42 Å². The number of rotatable bonds is 6. The standard InChI is InChI=1S/C15H23N3O/c1-3-7-18(10-11-5-6-11)15(19)12-8-13(4-2)17-14(16)9-12/h8-9,11H,3-7,10H2,1-2H3,(H2,16,17). The summed E-state index contributed by atoms with van der Waals surface area (Å²) in [5.41, 5.74) is 7.34. The van der Waals surface area contributed by atoms with E-state index in [4.69, 9.17) is 5.73 Å². The van der Waals surface area contributed by atoms with E-state index in [1.54, 1.807) is 6.07 Å². The highest BCUT2D eigenvalue weighted by atomic mass is 16.2. The minimum absolute atomic E-state index is 0.0950. The van der Waals surface area contributed by atoms with Crippen molar-refractivity contribution < 1.29 is 4.79 Å². The van der Waals surface area contributed by atoms with E-state index in [9.17, 15) is 4.79 Å². The molecule has 1 heterocycles. The molecule has 0 bridgehead atoms. The van der Waals surface area contributed by atoms with Gasteiger partial charge in [0, 0.05) is 24.3 Å². The third-order valence-electron chi connectivity index (χ3n) is 3.46. The number of aromatic nitrogens is 1. The molecule has 1 aliphatic carbocycles. The predicted octanol–water partition coefficient (Wildman–Crippen LogP) is 2.49. The lowest BCUT2D eigenvalue weighted by molar-refractivity contribution is 0.0747. The molecular weight excluding hydrogens is 238 g/mol. The summed E-state index contributed by atoms with van der Waals surface area (Å²) >= 11 is 0. The first-order chi connectivity index (χ1) is 9.13. The van der Waals surface area contributed by atoms with Gasteiger partial charge in [-0.3, -0.25) is 4.79 Å². The van der Waals surface area contributed by atoms with Crippen molar-refractivity contribution in [3.63, 3.8) is 0 Å². The number of hydrogen-bond donors (Lipinski definition) is 1. The molecule has 104 valence electrons. The van der Waals surface area contributed by atoms with Crippen molar-refractivity contribution in [2.45, 2.75) is 39.5 Å². The molecular formula is C15H23N3O. The Morgan fingerprint density at radius 2 is 2.16 bits per heavy atom. The van der Waals surface area contributed by atoms with E-state index in [-0.39, 0.29) is 5.91 Å². The van der Waals surface area contributed by atoms with Crippen LogP contribution in [0.25, 0.3) is 0 Å². The van der Waals surface area contributed by atoms with Crippen molar-refractivity contribution in [2.24, 2.45) is 5.92 Å². The van der Waals surface area contributed by atoms with Gasteiger partial charge in [-0.05, 0) is 43.7 Å². The average molecular weight is 261 g/mol. The van der Waals surface area contributed by atoms with Gasteiger partial charge in [-0.1, -0.05) is 13.8 Å².